The van der Waals surface area contributed by atoms with E-state index in [4.69, 9.17) is 10.5 Å². The normalized spacial score (nSPS) is 26.2. The van der Waals surface area contributed by atoms with Gasteiger partial charge in [0.05, 0.1) is 12.7 Å². The predicted octanol–water partition coefficient (Wildman–Crippen LogP) is 1.31. The highest BCUT2D eigenvalue weighted by Crippen LogP contribution is 2.30. The monoisotopic (exact) mass is 526 g/mol. The van der Waals surface area contributed by atoms with Crippen LogP contribution in [0.3, 0.4) is 0 Å². The number of aliphatic hydroxyl groups is 2. The number of amides is 3. The topological polar surface area (TPSA) is 154 Å². The number of carbonyl (C=O) groups excluding carboxylic acids is 3. The summed E-state index contributed by atoms with van der Waals surface area (Å²) in [7, 11) is 0. The zero-order chi connectivity index (χ0) is 27.2. The number of hydrogen-bond acceptors (Lipinski definition) is 7. The molecule has 2 heterocycles. The van der Waals surface area contributed by atoms with Crippen molar-refractivity contribution < 1.29 is 42.5 Å². The average molecular weight is 527 g/mol. The summed E-state index contributed by atoms with van der Waals surface area (Å²) in [6, 6.07) is 7.37. The molecule has 0 spiro atoms. The molecular weight excluding hydrogens is 497 g/mol. The van der Waals surface area contributed by atoms with Gasteiger partial charge in [-0.3, -0.25) is 20.2 Å². The van der Waals surface area contributed by atoms with Crippen molar-refractivity contribution in [3.63, 3.8) is 0 Å². The molecule has 1 aromatic carbocycles. The fourth-order valence-electron chi connectivity index (χ4n) is 3.96. The number of ketones is 1. The predicted molar refractivity (Wildman–Crippen MR) is 125 cm³/mol. The van der Waals surface area contributed by atoms with Crippen molar-refractivity contribution in [2.75, 3.05) is 13.2 Å². The molecule has 0 saturated carbocycles. The van der Waals surface area contributed by atoms with Gasteiger partial charge in [0.2, 0.25) is 5.78 Å². The van der Waals surface area contributed by atoms with E-state index < -0.39 is 54.6 Å². The van der Waals surface area contributed by atoms with Gasteiger partial charge in [-0.25, -0.2) is 4.79 Å². The zero-order valence-electron chi connectivity index (χ0n) is 19.8. The maximum atomic E-state index is 13.3. The van der Waals surface area contributed by atoms with Gasteiger partial charge in [-0.05, 0) is 19.3 Å². The summed E-state index contributed by atoms with van der Waals surface area (Å²) in [5.41, 5.74) is 4.97. The molecule has 10 nitrogen and oxygen atoms in total. The summed E-state index contributed by atoms with van der Waals surface area (Å²) >= 11 is 0. The van der Waals surface area contributed by atoms with Gasteiger partial charge in [0.15, 0.2) is 5.66 Å². The first kappa shape index (κ1) is 28.3. The van der Waals surface area contributed by atoms with Crippen molar-refractivity contribution in [1.29, 1.82) is 0 Å². The Balaban J connectivity index is 1.75. The molecule has 1 aromatic rings. The summed E-state index contributed by atoms with van der Waals surface area (Å²) in [5.74, 6) is -2.58. The lowest BCUT2D eigenvalue weighted by atomic mass is 9.89. The molecule has 1 saturated heterocycles. The lowest BCUT2D eigenvalue weighted by Gasteiger charge is -2.39. The minimum atomic E-state index is -4.93. The number of nitrogens with two attached hydrogens (primary N) is 1. The van der Waals surface area contributed by atoms with E-state index in [0.29, 0.717) is 12.8 Å². The number of benzene rings is 1. The Morgan fingerprint density at radius 3 is 2.59 bits per heavy atom. The fraction of sp³-hybridized carbons (Fsp3) is 0.458. The Bertz CT molecular complexity index is 1050. The average Bonchev–Trinajstić information content (AvgIpc) is 3.24. The van der Waals surface area contributed by atoms with Crippen LogP contribution in [0.2, 0.25) is 0 Å². The Kier molecular flexibility index (Phi) is 9.07. The summed E-state index contributed by atoms with van der Waals surface area (Å²) < 4.78 is 42.3. The Morgan fingerprint density at radius 2 is 1.97 bits per heavy atom. The van der Waals surface area contributed by atoms with Gasteiger partial charge in [0, 0.05) is 30.3 Å². The third-order valence-corrected chi connectivity index (χ3v) is 6.00. The van der Waals surface area contributed by atoms with Crippen molar-refractivity contribution in [3.8, 4) is 0 Å². The molecule has 2 aliphatic heterocycles. The number of ether oxygens (including phenoxy) is 1. The summed E-state index contributed by atoms with van der Waals surface area (Å²) in [5, 5.41) is 23.7. The number of allylic oxidation sites excluding steroid dienone is 1. The van der Waals surface area contributed by atoms with Gasteiger partial charge in [0.25, 0.3) is 0 Å². The van der Waals surface area contributed by atoms with E-state index in [-0.39, 0.29) is 30.5 Å². The van der Waals surface area contributed by atoms with Crippen molar-refractivity contribution in [2.24, 2.45) is 5.73 Å². The third kappa shape index (κ3) is 6.74. The van der Waals surface area contributed by atoms with E-state index in [1.165, 1.54) is 12.3 Å². The maximum Gasteiger partial charge on any atom is 0.471 e. The molecule has 0 bridgehead atoms. The van der Waals surface area contributed by atoms with Crippen LogP contribution in [0.25, 0.3) is 0 Å². The van der Waals surface area contributed by atoms with Gasteiger partial charge in [-0.1, -0.05) is 42.5 Å². The highest BCUT2D eigenvalue weighted by atomic mass is 19.4. The first-order valence-electron chi connectivity index (χ1n) is 11.6. The van der Waals surface area contributed by atoms with E-state index in [0.717, 1.165) is 4.90 Å². The lowest BCUT2D eigenvalue weighted by molar-refractivity contribution is -0.173. The van der Waals surface area contributed by atoms with Crippen LogP contribution >= 0.6 is 0 Å². The van der Waals surface area contributed by atoms with Crippen molar-refractivity contribution >= 4 is 17.7 Å². The smallest absolute Gasteiger partial charge is 0.394 e. The van der Waals surface area contributed by atoms with Crippen molar-refractivity contribution in [3.05, 3.63) is 59.8 Å². The van der Waals surface area contributed by atoms with Crippen LogP contribution in [0.15, 0.2) is 54.3 Å². The van der Waals surface area contributed by atoms with Crippen LogP contribution in [0, 0.1) is 0 Å². The van der Waals surface area contributed by atoms with Crippen LogP contribution in [-0.2, 0) is 9.53 Å². The summed E-state index contributed by atoms with van der Waals surface area (Å²) in [6.45, 7) is -0.597. The highest BCUT2D eigenvalue weighted by Gasteiger charge is 2.47. The van der Waals surface area contributed by atoms with Crippen LogP contribution < -0.4 is 16.4 Å². The van der Waals surface area contributed by atoms with E-state index in [1.54, 1.807) is 41.7 Å². The van der Waals surface area contributed by atoms with E-state index in [9.17, 15) is 37.8 Å². The first-order valence-corrected chi connectivity index (χ1v) is 11.6. The number of rotatable bonds is 10. The molecule has 4 atom stereocenters. The summed E-state index contributed by atoms with van der Waals surface area (Å²) in [4.78, 5) is 38.2. The lowest BCUT2D eigenvalue weighted by Crippen LogP contribution is -2.67. The molecule has 13 heteroatoms. The van der Waals surface area contributed by atoms with Gasteiger partial charge >= 0.3 is 18.1 Å². The van der Waals surface area contributed by atoms with Crippen LogP contribution in [-0.4, -0.2) is 76.3 Å². The van der Waals surface area contributed by atoms with E-state index in [1.807, 2.05) is 0 Å². The molecule has 6 N–H and O–H groups in total. The molecule has 1 unspecified atom stereocenters. The second kappa shape index (κ2) is 11.9. The number of Topliss-reactive ketones (excluding diaryl/α,β-unsaturated/α-hetero) is 1. The molecular formula is C24H29F3N4O6. The van der Waals surface area contributed by atoms with Gasteiger partial charge < -0.3 is 25.6 Å². The molecule has 0 aliphatic carbocycles. The number of aliphatic hydroxyl groups excluding tert-OH is 2. The number of alkyl halides is 3. The molecule has 3 rings (SSSR count). The molecule has 0 aromatic heterocycles. The number of halogens is 3. The molecule has 202 valence electrons. The number of nitrogens with one attached hydrogen (secondary N) is 2. The number of unbranched alkanes of at least 4 members (excludes halogenated alkanes) is 2. The largest absolute Gasteiger partial charge is 0.471 e. The molecule has 37 heavy (non-hydrogen) atoms. The number of hydrogen-bond donors (Lipinski definition) is 5. The second-order valence-corrected chi connectivity index (χ2v) is 8.69. The van der Waals surface area contributed by atoms with Crippen LogP contribution in [0.1, 0.15) is 36.0 Å². The van der Waals surface area contributed by atoms with Gasteiger partial charge in [-0.15, -0.1) is 0 Å². The molecule has 1 fully saturated rings. The number of urea groups is 1. The molecule has 2 aliphatic rings. The molecule has 0 radical (unpaired) electrons. The van der Waals surface area contributed by atoms with E-state index in [2.05, 4.69) is 5.32 Å². The minimum absolute atomic E-state index is 0.0278. The third-order valence-electron chi connectivity index (χ3n) is 6.00. The van der Waals surface area contributed by atoms with Crippen LogP contribution in [0.5, 0.6) is 0 Å². The van der Waals surface area contributed by atoms with Crippen molar-refractivity contribution in [2.45, 2.75) is 56.0 Å². The highest BCUT2D eigenvalue weighted by molar-refractivity contribution is 6.08. The van der Waals surface area contributed by atoms with E-state index >= 15 is 0 Å². The SMILES string of the molecule is NC1(C(=O)c2ccccc2)NC(=O)N([C@H]2C[C@H](O)[C@@H](CO)O2)C=C1C=CCCCCNC(=O)C(F)(F)F. The summed E-state index contributed by atoms with van der Waals surface area (Å²) in [6.07, 6.45) is -2.09. The number of carbonyl (C=O) groups is 3. The second-order valence-electron chi connectivity index (χ2n) is 8.69. The number of nitrogens with zero attached hydrogens (tertiary/aromatic N) is 1. The minimum Gasteiger partial charge on any atom is -0.394 e. The molecule has 3 amide bonds. The Hall–Kier alpha value is -3.26. The van der Waals surface area contributed by atoms with Crippen molar-refractivity contribution in [1.82, 2.24) is 15.5 Å². The Labute approximate surface area is 210 Å². The van der Waals surface area contributed by atoms with Gasteiger partial charge in [-0.2, -0.15) is 13.2 Å². The Morgan fingerprint density at radius 1 is 1.27 bits per heavy atom. The standard InChI is InChI=1S/C24H29F3N4O6/c25-24(26,27)21(35)29-11-7-2-1-6-10-16-13-31(19-12-17(33)18(14-32)37-19)22(36)30-23(16,28)20(34)15-8-4-3-5-9-15/h3-6,8-10,13,17-19,32-33H,1-2,7,11-12,14,28H2,(H,29,35)(H,30,36)/t17-,18+,19+,23?/m0/s1. The first-order chi connectivity index (χ1) is 17.5. The van der Waals surface area contributed by atoms with Gasteiger partial charge in [0.1, 0.15) is 12.3 Å². The zero-order valence-corrected chi connectivity index (χ0v) is 19.8. The maximum absolute atomic E-state index is 13.3. The van der Waals surface area contributed by atoms with Crippen LogP contribution in [0.4, 0.5) is 18.0 Å². The quantitative estimate of drug-likeness (QED) is 0.228. The fourth-order valence-corrected chi connectivity index (χ4v) is 3.96.